The van der Waals surface area contributed by atoms with Crippen molar-refractivity contribution in [3.05, 3.63) is 194 Å². The summed E-state index contributed by atoms with van der Waals surface area (Å²) in [7, 11) is -7.26. The number of hydrogen-bond donors (Lipinski definition) is 1. The highest BCUT2D eigenvalue weighted by molar-refractivity contribution is 7.29. The Morgan fingerprint density at radius 2 is 0.633 bits per heavy atom. The van der Waals surface area contributed by atoms with Crippen molar-refractivity contribution in [3.63, 3.8) is 0 Å². The minimum absolute atomic E-state index is 0.250. The molecule has 0 radical (unpaired) electrons. The summed E-state index contributed by atoms with van der Waals surface area (Å²) in [6.45, 7) is 0.250. The highest BCUT2D eigenvalue weighted by atomic mass is 28.4. The van der Waals surface area contributed by atoms with Crippen molar-refractivity contribution >= 4 is 59.1 Å². The summed E-state index contributed by atoms with van der Waals surface area (Å²) in [5.41, 5.74) is 6.91. The maximum Gasteiger partial charge on any atom is 0.253 e. The third kappa shape index (κ3) is 4.91. The number of nitrogens with zero attached hydrogens (tertiary/aromatic N) is 1. The molecule has 6 heteroatoms. The van der Waals surface area contributed by atoms with Gasteiger partial charge in [-0.25, -0.2) is 0 Å². The molecule has 1 aliphatic heterocycles. The third-order valence-electron chi connectivity index (χ3n) is 10.2. The highest BCUT2D eigenvalue weighted by Gasteiger charge is 2.73. The highest BCUT2D eigenvalue weighted by Crippen LogP contribution is 2.41. The number of carbonyl (C=O) groups excluding carboxylic acids is 2. The average molecular weight is 671 g/mol. The molecule has 6 aromatic rings. The molecule has 2 N–H and O–H groups in total. The summed E-state index contributed by atoms with van der Waals surface area (Å²) < 4.78 is 0. The van der Waals surface area contributed by atoms with Gasteiger partial charge < -0.3 is 5.73 Å². The third-order valence-corrected chi connectivity index (χ3v) is 23.1. The quantitative estimate of drug-likeness (QED) is 0.131. The molecular formula is C43H38N2O2Si2. The molecule has 0 fully saturated rings. The van der Waals surface area contributed by atoms with E-state index in [2.05, 4.69) is 146 Å². The zero-order chi connectivity index (χ0) is 33.7. The molecule has 1 aliphatic rings. The van der Waals surface area contributed by atoms with E-state index in [0.29, 0.717) is 6.42 Å². The van der Waals surface area contributed by atoms with Crippen molar-refractivity contribution in [1.82, 2.24) is 4.90 Å². The molecule has 0 atom stereocenters. The summed E-state index contributed by atoms with van der Waals surface area (Å²) in [6.07, 6.45) is 3.28. The lowest BCUT2D eigenvalue weighted by atomic mass is 10.3. The summed E-state index contributed by atoms with van der Waals surface area (Å²) >= 11 is 0. The van der Waals surface area contributed by atoms with Crippen LogP contribution >= 0.6 is 0 Å². The van der Waals surface area contributed by atoms with E-state index in [-0.39, 0.29) is 18.4 Å². The first-order valence-electron chi connectivity index (χ1n) is 16.7. The number of imide groups is 1. The lowest BCUT2D eigenvalue weighted by molar-refractivity contribution is -0.139. The molecule has 1 heterocycles. The predicted octanol–water partition coefficient (Wildman–Crippen LogP) is 3.42. The molecule has 0 aliphatic carbocycles. The van der Waals surface area contributed by atoms with Crippen LogP contribution in [-0.4, -0.2) is 44.2 Å². The maximum absolute atomic E-state index is 14.8. The largest absolute Gasteiger partial charge is 0.330 e. The first-order chi connectivity index (χ1) is 24.1. The van der Waals surface area contributed by atoms with Crippen LogP contribution in [0.15, 0.2) is 194 Å². The molecular weight excluding hydrogens is 633 g/mol. The van der Waals surface area contributed by atoms with Crippen molar-refractivity contribution in [1.29, 1.82) is 0 Å². The smallest absolute Gasteiger partial charge is 0.253 e. The van der Waals surface area contributed by atoms with Crippen molar-refractivity contribution in [2.75, 3.05) is 6.54 Å². The Labute approximate surface area is 290 Å². The molecule has 0 aromatic heterocycles. The summed E-state index contributed by atoms with van der Waals surface area (Å²) in [4.78, 5) is 30.1. The number of hydrogen-bond acceptors (Lipinski definition) is 3. The lowest BCUT2D eigenvalue weighted by Gasteiger charge is -2.62. The Kier molecular flexibility index (Phi) is 8.93. The van der Waals surface area contributed by atoms with Crippen LogP contribution in [0.2, 0.25) is 0 Å². The van der Waals surface area contributed by atoms with Crippen molar-refractivity contribution in [2.45, 2.75) is 11.2 Å². The first kappa shape index (κ1) is 32.2. The Morgan fingerprint density at radius 1 is 0.408 bits per heavy atom. The monoisotopic (exact) mass is 670 g/mol. The number of benzene rings is 6. The van der Waals surface area contributed by atoms with E-state index in [1.54, 1.807) is 4.90 Å². The van der Waals surface area contributed by atoms with Gasteiger partial charge in [0.25, 0.3) is 11.8 Å². The Morgan fingerprint density at radius 3 is 0.837 bits per heavy atom. The van der Waals surface area contributed by atoms with Crippen LogP contribution in [0.3, 0.4) is 0 Å². The molecule has 0 bridgehead atoms. The number of nitrogens with two attached hydrogens (primary N) is 1. The maximum atomic E-state index is 14.8. The van der Waals surface area contributed by atoms with Crippen LogP contribution in [0.4, 0.5) is 0 Å². The van der Waals surface area contributed by atoms with Crippen LogP contribution in [0.1, 0.15) is 6.42 Å². The summed E-state index contributed by atoms with van der Waals surface area (Å²) in [6, 6.07) is 63.6. The second-order valence-corrected chi connectivity index (χ2v) is 21.1. The molecule has 0 saturated heterocycles. The van der Waals surface area contributed by atoms with Gasteiger partial charge >= 0.3 is 0 Å². The average Bonchev–Trinajstić information content (AvgIpc) is 3.52. The second kappa shape index (κ2) is 13.6. The van der Waals surface area contributed by atoms with Gasteiger partial charge in [0.2, 0.25) is 0 Å². The molecule has 240 valence electrons. The van der Waals surface area contributed by atoms with Crippen LogP contribution in [0.5, 0.6) is 0 Å². The number of rotatable bonds is 11. The van der Waals surface area contributed by atoms with E-state index in [4.69, 9.17) is 5.73 Å². The first-order valence-corrected chi connectivity index (χ1v) is 20.7. The molecule has 0 unspecified atom stereocenters. The van der Waals surface area contributed by atoms with Gasteiger partial charge in [0, 0.05) is 12.2 Å². The van der Waals surface area contributed by atoms with Gasteiger partial charge in [-0.15, -0.1) is 0 Å². The SMILES string of the molecule is NCCC(N1C(=O)C=CC1=O)([Si](c1ccccc1)(c1ccccc1)c1ccccc1)[Si](c1ccccc1)(c1ccccc1)c1ccccc1. The van der Waals surface area contributed by atoms with Crippen molar-refractivity contribution < 1.29 is 9.59 Å². The van der Waals surface area contributed by atoms with Gasteiger partial charge in [-0.2, -0.15) is 0 Å². The van der Waals surface area contributed by atoms with Crippen molar-refractivity contribution in [3.8, 4) is 0 Å². The minimum Gasteiger partial charge on any atom is -0.330 e. The van der Waals surface area contributed by atoms with Gasteiger partial charge in [0.15, 0.2) is 16.1 Å². The standard InChI is InChI=1S/C43H38N2O2Si2/c44-34-33-43(45-41(46)31-32-42(45)47,48(35-19-7-1-8-20-35,36-21-9-2-10-22-36)37-23-11-3-12-24-37)49(38-25-13-4-14-26-38,39-27-15-5-16-28-39)40-29-17-6-18-30-40/h1-32H,33-34,44H2. The van der Waals surface area contributed by atoms with Gasteiger partial charge in [-0.05, 0) is 44.1 Å². The van der Waals surface area contributed by atoms with Gasteiger partial charge in [-0.1, -0.05) is 182 Å². The second-order valence-electron chi connectivity index (χ2n) is 12.4. The Bertz CT molecular complexity index is 1720. The van der Waals surface area contributed by atoms with Crippen LogP contribution in [0.25, 0.3) is 0 Å². The van der Waals surface area contributed by atoms with E-state index < -0.39 is 20.9 Å². The van der Waals surface area contributed by atoms with Crippen molar-refractivity contribution in [2.24, 2.45) is 5.73 Å². The van der Waals surface area contributed by atoms with Gasteiger partial charge in [-0.3, -0.25) is 14.5 Å². The van der Waals surface area contributed by atoms with Gasteiger partial charge in [0.1, 0.15) is 0 Å². The molecule has 2 amide bonds. The van der Waals surface area contributed by atoms with Crippen LogP contribution < -0.4 is 36.9 Å². The van der Waals surface area contributed by atoms with Crippen LogP contribution in [-0.2, 0) is 9.59 Å². The Hall–Kier alpha value is -5.41. The molecule has 4 nitrogen and oxygen atoms in total. The zero-order valence-electron chi connectivity index (χ0n) is 27.2. The topological polar surface area (TPSA) is 63.4 Å². The normalized spacial score (nSPS) is 13.5. The fourth-order valence-corrected chi connectivity index (χ4v) is 24.7. The fourth-order valence-electron chi connectivity index (χ4n) is 8.65. The van der Waals surface area contributed by atoms with E-state index in [1.807, 2.05) is 36.4 Å². The molecule has 0 spiro atoms. The lowest BCUT2D eigenvalue weighted by Crippen LogP contribution is -2.98. The van der Waals surface area contributed by atoms with Crippen LogP contribution in [0, 0.1) is 0 Å². The molecule has 49 heavy (non-hydrogen) atoms. The van der Waals surface area contributed by atoms with Gasteiger partial charge in [0.05, 0.1) is 4.79 Å². The number of carbonyl (C=O) groups is 2. The minimum atomic E-state index is -3.63. The molecule has 0 saturated carbocycles. The molecule has 7 rings (SSSR count). The molecule has 6 aromatic carbocycles. The van der Waals surface area contributed by atoms with E-state index in [0.717, 1.165) is 31.1 Å². The fraction of sp³-hybridized carbons (Fsp3) is 0.0698. The van der Waals surface area contributed by atoms with E-state index in [9.17, 15) is 9.59 Å². The number of amides is 2. The van der Waals surface area contributed by atoms with E-state index >= 15 is 0 Å². The van der Waals surface area contributed by atoms with E-state index in [1.165, 1.54) is 12.2 Å². The summed E-state index contributed by atoms with van der Waals surface area (Å²) in [5.74, 6) is -0.615. The Balaban J connectivity index is 1.86. The summed E-state index contributed by atoms with van der Waals surface area (Å²) in [5, 5.41) is 6.63. The predicted molar refractivity (Wildman–Crippen MR) is 205 cm³/mol. The zero-order valence-corrected chi connectivity index (χ0v) is 29.2.